The van der Waals surface area contributed by atoms with Crippen molar-refractivity contribution in [2.24, 2.45) is 5.10 Å². The van der Waals surface area contributed by atoms with Gasteiger partial charge in [0.1, 0.15) is 11.3 Å². The summed E-state index contributed by atoms with van der Waals surface area (Å²) in [5.74, 6) is 0.0639. The van der Waals surface area contributed by atoms with E-state index in [9.17, 15) is 19.5 Å². The van der Waals surface area contributed by atoms with E-state index >= 15 is 0 Å². The zero-order chi connectivity index (χ0) is 22.8. The quantitative estimate of drug-likeness (QED) is 0.741. The maximum atomic E-state index is 12.7. The average molecular weight is 441 g/mol. The van der Waals surface area contributed by atoms with E-state index < -0.39 is 17.3 Å². The molecule has 1 aliphatic carbocycles. The molecular formula is C23H28N4O5. The number of hydrogen-bond donors (Lipinski definition) is 2. The molecule has 1 aliphatic heterocycles. The summed E-state index contributed by atoms with van der Waals surface area (Å²) in [4.78, 5) is 39.8. The molecule has 32 heavy (non-hydrogen) atoms. The lowest BCUT2D eigenvalue weighted by atomic mass is 9.95. The molecule has 0 spiro atoms. The Balaban J connectivity index is 1.72. The predicted molar refractivity (Wildman–Crippen MR) is 119 cm³/mol. The first kappa shape index (κ1) is 21.9. The number of aromatic amines is 1. The molecule has 9 nitrogen and oxygen atoms in total. The summed E-state index contributed by atoms with van der Waals surface area (Å²) in [6.45, 7) is 3.86. The summed E-state index contributed by atoms with van der Waals surface area (Å²) in [6.07, 6.45) is 4.78. The second-order valence-corrected chi connectivity index (χ2v) is 8.25. The van der Waals surface area contributed by atoms with Crippen molar-refractivity contribution in [3.8, 4) is 11.6 Å². The lowest BCUT2D eigenvalue weighted by molar-refractivity contribution is -0.130. The highest BCUT2D eigenvalue weighted by Crippen LogP contribution is 2.36. The number of carbonyl (C=O) groups is 1. The zero-order valence-electron chi connectivity index (χ0n) is 18.3. The third-order valence-corrected chi connectivity index (χ3v) is 6.16. The maximum Gasteiger partial charge on any atom is 0.331 e. The van der Waals surface area contributed by atoms with Gasteiger partial charge in [-0.15, -0.1) is 0 Å². The Hall–Kier alpha value is -3.36. The van der Waals surface area contributed by atoms with Crippen LogP contribution in [0.15, 0.2) is 39.0 Å². The number of hydrogen-bond acceptors (Lipinski definition) is 6. The van der Waals surface area contributed by atoms with Gasteiger partial charge in [-0.25, -0.2) is 9.80 Å². The Morgan fingerprint density at radius 1 is 1.19 bits per heavy atom. The summed E-state index contributed by atoms with van der Waals surface area (Å²) < 4.78 is 6.76. The van der Waals surface area contributed by atoms with E-state index in [0.29, 0.717) is 6.61 Å². The van der Waals surface area contributed by atoms with Gasteiger partial charge in [0.25, 0.3) is 5.56 Å². The first-order chi connectivity index (χ1) is 15.4. The fourth-order valence-corrected chi connectivity index (χ4v) is 4.64. The van der Waals surface area contributed by atoms with Gasteiger partial charge in [0.05, 0.1) is 18.4 Å². The highest BCUT2D eigenvalue weighted by Gasteiger charge is 2.35. The molecular weight excluding hydrogens is 412 g/mol. The van der Waals surface area contributed by atoms with Crippen LogP contribution in [0.1, 0.15) is 75.6 Å². The van der Waals surface area contributed by atoms with E-state index in [0.717, 1.165) is 43.4 Å². The molecule has 0 bridgehead atoms. The standard InChI is InChI=1S/C23H28N4O5/c1-3-32-17-11-9-15(10-12-17)19-13-18(25-27(19)14(2)28)20-21(29)24-23(31)26(22(20)30)16-7-5-4-6-8-16/h9-12,16,19,30H,3-8,13H2,1-2H3,(H,24,29,31)/t19-/m0/s1. The van der Waals surface area contributed by atoms with Gasteiger partial charge in [-0.3, -0.25) is 19.1 Å². The van der Waals surface area contributed by atoms with Gasteiger partial charge in [0.15, 0.2) is 0 Å². The van der Waals surface area contributed by atoms with Crippen LogP contribution in [-0.2, 0) is 4.79 Å². The molecule has 0 unspecified atom stereocenters. The van der Waals surface area contributed by atoms with Crippen molar-refractivity contribution in [2.75, 3.05) is 6.61 Å². The molecule has 0 radical (unpaired) electrons. The Bertz CT molecular complexity index is 1140. The summed E-state index contributed by atoms with van der Waals surface area (Å²) in [7, 11) is 0. The lowest BCUT2D eigenvalue weighted by Gasteiger charge is -2.25. The third kappa shape index (κ3) is 4.06. The number of nitrogens with one attached hydrogen (secondary N) is 1. The van der Waals surface area contributed by atoms with Crippen LogP contribution >= 0.6 is 0 Å². The molecule has 2 aliphatic rings. The number of carbonyl (C=O) groups excluding carboxylic acids is 1. The molecule has 2 heterocycles. The van der Waals surface area contributed by atoms with Crippen molar-refractivity contribution in [1.29, 1.82) is 0 Å². The first-order valence-electron chi connectivity index (χ1n) is 11.1. The second-order valence-electron chi connectivity index (χ2n) is 8.25. The van der Waals surface area contributed by atoms with Gasteiger partial charge in [0.2, 0.25) is 11.8 Å². The molecule has 1 fully saturated rings. The van der Waals surface area contributed by atoms with Gasteiger partial charge in [-0.2, -0.15) is 5.10 Å². The highest BCUT2D eigenvalue weighted by molar-refractivity contribution is 6.04. The molecule has 170 valence electrons. The smallest absolute Gasteiger partial charge is 0.331 e. The van der Waals surface area contributed by atoms with Gasteiger partial charge in [0, 0.05) is 19.4 Å². The van der Waals surface area contributed by atoms with Gasteiger partial charge in [-0.1, -0.05) is 31.4 Å². The summed E-state index contributed by atoms with van der Waals surface area (Å²) in [5, 5.41) is 16.7. The number of benzene rings is 1. The molecule has 1 amide bonds. The van der Waals surface area contributed by atoms with Crippen LogP contribution in [0.5, 0.6) is 11.6 Å². The van der Waals surface area contributed by atoms with Gasteiger partial charge in [-0.05, 0) is 37.5 Å². The zero-order valence-corrected chi connectivity index (χ0v) is 18.3. The largest absolute Gasteiger partial charge is 0.494 e. The fraction of sp³-hybridized carbons (Fsp3) is 0.478. The SMILES string of the molecule is CCOc1ccc([C@@H]2CC(c3c(O)n(C4CCCCC4)c(=O)[nH]c3=O)=NN2C(C)=O)cc1. The third-order valence-electron chi connectivity index (χ3n) is 6.16. The van der Waals surface area contributed by atoms with Crippen molar-refractivity contribution in [3.63, 3.8) is 0 Å². The van der Waals surface area contributed by atoms with Crippen molar-refractivity contribution in [3.05, 3.63) is 56.2 Å². The van der Waals surface area contributed by atoms with E-state index in [-0.39, 0.29) is 35.5 Å². The minimum absolute atomic E-state index is 0.0464. The summed E-state index contributed by atoms with van der Waals surface area (Å²) >= 11 is 0. The number of rotatable bonds is 5. The van der Waals surface area contributed by atoms with Crippen molar-refractivity contribution < 1.29 is 14.6 Å². The molecule has 1 aromatic carbocycles. The van der Waals surface area contributed by atoms with Crippen LogP contribution in [0.3, 0.4) is 0 Å². The molecule has 2 N–H and O–H groups in total. The van der Waals surface area contributed by atoms with E-state index in [1.165, 1.54) is 16.5 Å². The fourth-order valence-electron chi connectivity index (χ4n) is 4.64. The number of H-pyrrole nitrogens is 1. The minimum Gasteiger partial charge on any atom is -0.494 e. The predicted octanol–water partition coefficient (Wildman–Crippen LogP) is 2.84. The van der Waals surface area contributed by atoms with Crippen molar-refractivity contribution in [1.82, 2.24) is 14.6 Å². The van der Waals surface area contributed by atoms with Crippen LogP contribution in [-0.4, -0.2) is 37.9 Å². The van der Waals surface area contributed by atoms with Crippen molar-refractivity contribution >= 4 is 11.6 Å². The number of amides is 1. The summed E-state index contributed by atoms with van der Waals surface area (Å²) in [6, 6.07) is 6.77. The Morgan fingerprint density at radius 2 is 1.88 bits per heavy atom. The molecule has 1 atom stereocenters. The number of nitrogens with zero attached hydrogens (tertiary/aromatic N) is 3. The van der Waals surface area contributed by atoms with Crippen molar-refractivity contribution in [2.45, 2.75) is 64.5 Å². The Labute approximate surface area is 185 Å². The number of aromatic nitrogens is 2. The molecule has 4 rings (SSSR count). The number of aromatic hydroxyl groups is 1. The average Bonchev–Trinajstić information content (AvgIpc) is 3.20. The van der Waals surface area contributed by atoms with Crippen LogP contribution in [0.2, 0.25) is 0 Å². The summed E-state index contributed by atoms with van der Waals surface area (Å²) in [5.41, 5.74) is -0.251. The molecule has 1 saturated carbocycles. The normalized spacial score (nSPS) is 19.1. The van der Waals surface area contributed by atoms with Gasteiger partial charge < -0.3 is 9.84 Å². The Morgan fingerprint density at radius 3 is 2.50 bits per heavy atom. The van der Waals surface area contributed by atoms with E-state index in [1.807, 2.05) is 31.2 Å². The molecule has 0 saturated heterocycles. The van der Waals surface area contributed by atoms with E-state index in [4.69, 9.17) is 4.74 Å². The van der Waals surface area contributed by atoms with Crippen LogP contribution < -0.4 is 16.0 Å². The number of ether oxygens (including phenoxy) is 1. The van der Waals surface area contributed by atoms with Gasteiger partial charge >= 0.3 is 5.69 Å². The Kier molecular flexibility index (Phi) is 6.16. The second kappa shape index (κ2) is 9.02. The molecule has 1 aromatic heterocycles. The number of hydrazone groups is 1. The highest BCUT2D eigenvalue weighted by atomic mass is 16.5. The lowest BCUT2D eigenvalue weighted by Crippen LogP contribution is -2.36. The van der Waals surface area contributed by atoms with Crippen LogP contribution in [0.4, 0.5) is 0 Å². The monoisotopic (exact) mass is 440 g/mol. The first-order valence-corrected chi connectivity index (χ1v) is 11.1. The maximum absolute atomic E-state index is 12.7. The van der Waals surface area contributed by atoms with Crippen LogP contribution in [0.25, 0.3) is 0 Å². The minimum atomic E-state index is -0.700. The topological polar surface area (TPSA) is 117 Å². The van der Waals surface area contributed by atoms with E-state index in [1.54, 1.807) is 0 Å². The van der Waals surface area contributed by atoms with E-state index in [2.05, 4.69) is 10.1 Å². The molecule has 2 aromatic rings. The molecule has 9 heteroatoms. The van der Waals surface area contributed by atoms with Crippen LogP contribution in [0, 0.1) is 0 Å².